The van der Waals surface area contributed by atoms with Crippen molar-refractivity contribution in [2.45, 2.75) is 0 Å². The molecule has 0 amide bonds. The third kappa shape index (κ3) is 7.23. The summed E-state index contributed by atoms with van der Waals surface area (Å²) in [6.07, 6.45) is 0. The lowest BCUT2D eigenvalue weighted by atomic mass is 9.93. The molecule has 10 aromatic carbocycles. The molecule has 0 aliphatic carbocycles. The predicted molar refractivity (Wildman–Crippen MR) is 251 cm³/mol. The van der Waals surface area contributed by atoms with Gasteiger partial charge in [0.25, 0.3) is 0 Å². The standard InChI is InChI=1S/C58H41N/c1-3-15-42(16-4-1)43-29-31-44(32-30-43)45-33-37-51(38-34-45)59(58-28-12-11-26-57(58)56-25-10-9-24-54(56)47-17-5-2-6-18-47)52-39-35-46(36-40-52)49-21-13-22-50(41-49)55-27-14-20-48-19-7-8-23-53(48)55/h1-41H. The molecule has 10 rings (SSSR count). The number of rotatable bonds is 9. The summed E-state index contributed by atoms with van der Waals surface area (Å²) in [5.41, 5.74) is 17.7. The highest BCUT2D eigenvalue weighted by Gasteiger charge is 2.19. The number of benzene rings is 10. The van der Waals surface area contributed by atoms with Gasteiger partial charge in [0, 0.05) is 16.9 Å². The SMILES string of the molecule is c1ccc(-c2ccc(-c3ccc(N(c4ccc(-c5cccc(-c6cccc7ccccc67)c5)cc4)c4ccccc4-c4ccccc4-c4ccccc4)cc3)cc2)cc1. The Labute approximate surface area is 346 Å². The number of anilines is 3. The molecule has 0 unspecified atom stereocenters. The highest BCUT2D eigenvalue weighted by Crippen LogP contribution is 2.44. The number of hydrogen-bond donors (Lipinski definition) is 0. The van der Waals surface area contributed by atoms with Crippen LogP contribution < -0.4 is 4.90 Å². The first-order valence-electron chi connectivity index (χ1n) is 20.3. The quantitative estimate of drug-likeness (QED) is 0.142. The minimum absolute atomic E-state index is 1.09. The van der Waals surface area contributed by atoms with Gasteiger partial charge < -0.3 is 4.90 Å². The zero-order valence-corrected chi connectivity index (χ0v) is 32.6. The van der Waals surface area contributed by atoms with Gasteiger partial charge in [-0.15, -0.1) is 0 Å². The van der Waals surface area contributed by atoms with Gasteiger partial charge in [0.05, 0.1) is 5.69 Å². The van der Waals surface area contributed by atoms with Gasteiger partial charge in [-0.1, -0.05) is 212 Å². The van der Waals surface area contributed by atoms with Crippen LogP contribution in [0.4, 0.5) is 17.1 Å². The minimum atomic E-state index is 1.09. The highest BCUT2D eigenvalue weighted by atomic mass is 15.1. The first kappa shape index (κ1) is 35.7. The van der Waals surface area contributed by atoms with Crippen molar-refractivity contribution in [2.24, 2.45) is 0 Å². The van der Waals surface area contributed by atoms with Crippen LogP contribution in [-0.4, -0.2) is 0 Å². The van der Waals surface area contributed by atoms with Gasteiger partial charge in [-0.05, 0) is 108 Å². The Morgan fingerprint density at radius 3 is 1.29 bits per heavy atom. The average molecular weight is 752 g/mol. The predicted octanol–water partition coefficient (Wildman–Crippen LogP) is 16.3. The van der Waals surface area contributed by atoms with Gasteiger partial charge in [0.15, 0.2) is 0 Å². The summed E-state index contributed by atoms with van der Waals surface area (Å²) in [6, 6.07) is 89.7. The first-order chi connectivity index (χ1) is 29.3. The second-order valence-corrected chi connectivity index (χ2v) is 14.9. The van der Waals surface area contributed by atoms with E-state index in [4.69, 9.17) is 0 Å². The molecule has 278 valence electrons. The van der Waals surface area contributed by atoms with E-state index in [9.17, 15) is 0 Å². The molecule has 0 bridgehead atoms. The summed E-state index contributed by atoms with van der Waals surface area (Å²) in [6.45, 7) is 0. The van der Waals surface area contributed by atoms with Gasteiger partial charge in [-0.2, -0.15) is 0 Å². The second-order valence-electron chi connectivity index (χ2n) is 14.9. The number of hydrogen-bond acceptors (Lipinski definition) is 1. The van der Waals surface area contributed by atoms with Crippen molar-refractivity contribution in [2.75, 3.05) is 4.90 Å². The fourth-order valence-corrected chi connectivity index (χ4v) is 8.35. The molecule has 0 fully saturated rings. The molecule has 0 aromatic heterocycles. The molecule has 59 heavy (non-hydrogen) atoms. The lowest BCUT2D eigenvalue weighted by Gasteiger charge is -2.29. The van der Waals surface area contributed by atoms with Crippen molar-refractivity contribution in [3.8, 4) is 66.8 Å². The molecule has 0 saturated heterocycles. The smallest absolute Gasteiger partial charge is 0.0540 e. The largest absolute Gasteiger partial charge is 0.310 e. The van der Waals surface area contributed by atoms with Crippen molar-refractivity contribution in [1.82, 2.24) is 0 Å². The first-order valence-corrected chi connectivity index (χ1v) is 20.3. The van der Waals surface area contributed by atoms with E-state index in [-0.39, 0.29) is 0 Å². The Hall–Kier alpha value is -7.74. The highest BCUT2D eigenvalue weighted by molar-refractivity contribution is 5.98. The maximum Gasteiger partial charge on any atom is 0.0540 e. The molecular formula is C58H41N. The molecule has 0 heterocycles. The summed E-state index contributed by atoms with van der Waals surface area (Å²) in [5, 5.41) is 2.52. The van der Waals surface area contributed by atoms with E-state index in [1.165, 1.54) is 77.5 Å². The lowest BCUT2D eigenvalue weighted by Crippen LogP contribution is -2.11. The van der Waals surface area contributed by atoms with Crippen molar-refractivity contribution < 1.29 is 0 Å². The molecular weight excluding hydrogens is 711 g/mol. The van der Waals surface area contributed by atoms with Crippen LogP contribution in [0.15, 0.2) is 249 Å². The topological polar surface area (TPSA) is 3.24 Å². The molecule has 0 aliphatic heterocycles. The van der Waals surface area contributed by atoms with E-state index >= 15 is 0 Å². The minimum Gasteiger partial charge on any atom is -0.310 e. The summed E-state index contributed by atoms with van der Waals surface area (Å²) < 4.78 is 0. The van der Waals surface area contributed by atoms with Crippen LogP contribution in [-0.2, 0) is 0 Å². The normalized spacial score (nSPS) is 11.1. The lowest BCUT2D eigenvalue weighted by molar-refractivity contribution is 1.28. The molecule has 1 nitrogen and oxygen atoms in total. The van der Waals surface area contributed by atoms with E-state index in [1.807, 2.05) is 0 Å². The Morgan fingerprint density at radius 1 is 0.220 bits per heavy atom. The molecule has 0 N–H and O–H groups in total. The van der Waals surface area contributed by atoms with Crippen molar-refractivity contribution in [3.05, 3.63) is 249 Å². The van der Waals surface area contributed by atoms with Crippen LogP contribution in [0.3, 0.4) is 0 Å². The van der Waals surface area contributed by atoms with Crippen LogP contribution >= 0.6 is 0 Å². The third-order valence-electron chi connectivity index (χ3n) is 11.3. The van der Waals surface area contributed by atoms with E-state index in [0.29, 0.717) is 0 Å². The maximum atomic E-state index is 2.40. The second kappa shape index (κ2) is 16.0. The van der Waals surface area contributed by atoms with Gasteiger partial charge in [0.1, 0.15) is 0 Å². The van der Waals surface area contributed by atoms with E-state index < -0.39 is 0 Å². The number of para-hydroxylation sites is 1. The molecule has 0 atom stereocenters. The summed E-state index contributed by atoms with van der Waals surface area (Å²) in [5.74, 6) is 0. The zero-order chi connectivity index (χ0) is 39.4. The van der Waals surface area contributed by atoms with Crippen LogP contribution in [0.25, 0.3) is 77.5 Å². The summed E-state index contributed by atoms with van der Waals surface area (Å²) in [4.78, 5) is 2.40. The summed E-state index contributed by atoms with van der Waals surface area (Å²) >= 11 is 0. The number of fused-ring (bicyclic) bond motifs is 1. The van der Waals surface area contributed by atoms with Crippen molar-refractivity contribution in [3.63, 3.8) is 0 Å². The van der Waals surface area contributed by atoms with Gasteiger partial charge >= 0.3 is 0 Å². The zero-order valence-electron chi connectivity index (χ0n) is 32.6. The van der Waals surface area contributed by atoms with Crippen LogP contribution in [0.1, 0.15) is 0 Å². The van der Waals surface area contributed by atoms with Crippen LogP contribution in [0.2, 0.25) is 0 Å². The fraction of sp³-hybridized carbons (Fsp3) is 0. The van der Waals surface area contributed by atoms with Crippen LogP contribution in [0.5, 0.6) is 0 Å². The average Bonchev–Trinajstić information content (AvgIpc) is 3.33. The Morgan fingerprint density at radius 2 is 0.627 bits per heavy atom. The Kier molecular flexibility index (Phi) is 9.68. The van der Waals surface area contributed by atoms with Crippen molar-refractivity contribution in [1.29, 1.82) is 0 Å². The molecule has 10 aromatic rings. The van der Waals surface area contributed by atoms with E-state index in [1.54, 1.807) is 0 Å². The third-order valence-corrected chi connectivity index (χ3v) is 11.3. The van der Waals surface area contributed by atoms with E-state index in [2.05, 4.69) is 254 Å². The van der Waals surface area contributed by atoms with E-state index in [0.717, 1.165) is 17.1 Å². The number of nitrogens with zero attached hydrogens (tertiary/aromatic N) is 1. The summed E-state index contributed by atoms with van der Waals surface area (Å²) in [7, 11) is 0. The molecule has 0 saturated carbocycles. The molecule has 1 heteroatoms. The van der Waals surface area contributed by atoms with Crippen molar-refractivity contribution >= 4 is 27.8 Å². The Balaban J connectivity index is 1.05. The molecule has 0 radical (unpaired) electrons. The van der Waals surface area contributed by atoms with Gasteiger partial charge in [0.2, 0.25) is 0 Å². The molecule has 0 aliphatic rings. The van der Waals surface area contributed by atoms with Crippen LogP contribution in [0, 0.1) is 0 Å². The molecule has 0 spiro atoms. The Bertz CT molecular complexity index is 3000. The monoisotopic (exact) mass is 751 g/mol. The van der Waals surface area contributed by atoms with Gasteiger partial charge in [-0.3, -0.25) is 0 Å². The maximum absolute atomic E-state index is 2.40. The fourth-order valence-electron chi connectivity index (χ4n) is 8.35. The van der Waals surface area contributed by atoms with Gasteiger partial charge in [-0.25, -0.2) is 0 Å².